The molecule has 4 nitrogen and oxygen atoms in total. The molecule has 0 saturated heterocycles. The van der Waals surface area contributed by atoms with E-state index in [9.17, 15) is 0 Å². The second-order valence-corrected chi connectivity index (χ2v) is 4.40. The lowest BCUT2D eigenvalue weighted by atomic mass is 10.2. The van der Waals surface area contributed by atoms with E-state index >= 15 is 0 Å². The zero-order valence-electron chi connectivity index (χ0n) is 11.2. The molecule has 0 aliphatic rings. The van der Waals surface area contributed by atoms with Crippen LogP contribution in [0.2, 0.25) is 0 Å². The van der Waals surface area contributed by atoms with E-state index in [1.807, 2.05) is 13.0 Å². The van der Waals surface area contributed by atoms with Gasteiger partial charge in [0.25, 0.3) is 0 Å². The van der Waals surface area contributed by atoms with Crippen molar-refractivity contribution in [3.63, 3.8) is 0 Å². The summed E-state index contributed by atoms with van der Waals surface area (Å²) in [5.74, 6) is 0.992. The van der Waals surface area contributed by atoms with Crippen LogP contribution in [0.4, 0.5) is 5.82 Å². The lowest BCUT2D eigenvalue weighted by Gasteiger charge is -2.28. The molecule has 1 heterocycles. The Labute approximate surface area is 104 Å². The number of nitrogens with two attached hydrogens (primary N) is 1. The number of hydrogen-bond donors (Lipinski definition) is 1. The highest BCUT2D eigenvalue weighted by atomic mass is 16.5. The van der Waals surface area contributed by atoms with Gasteiger partial charge in [0.05, 0.1) is 6.61 Å². The molecule has 96 valence electrons. The Morgan fingerprint density at radius 2 is 2.12 bits per heavy atom. The summed E-state index contributed by atoms with van der Waals surface area (Å²) < 4.78 is 5.13. The maximum atomic E-state index is 5.64. The van der Waals surface area contributed by atoms with E-state index < -0.39 is 0 Å². The number of rotatable bonds is 6. The lowest BCUT2D eigenvalue weighted by Crippen LogP contribution is -2.34. The molecule has 0 fully saturated rings. The summed E-state index contributed by atoms with van der Waals surface area (Å²) in [6.07, 6.45) is 0. The van der Waals surface area contributed by atoms with Crippen LogP contribution in [0, 0.1) is 6.92 Å². The minimum atomic E-state index is 0.403. The van der Waals surface area contributed by atoms with Gasteiger partial charge < -0.3 is 15.4 Å². The molecule has 0 spiro atoms. The zero-order valence-corrected chi connectivity index (χ0v) is 11.2. The monoisotopic (exact) mass is 237 g/mol. The quantitative estimate of drug-likeness (QED) is 0.818. The van der Waals surface area contributed by atoms with Gasteiger partial charge in [-0.25, -0.2) is 4.98 Å². The first-order chi connectivity index (χ1) is 8.10. The number of hydrogen-bond acceptors (Lipinski definition) is 4. The molecule has 0 aliphatic carbocycles. The number of pyridine rings is 1. The molecular weight excluding hydrogens is 214 g/mol. The number of ether oxygens (including phenoxy) is 1. The van der Waals surface area contributed by atoms with Crippen LogP contribution in [-0.2, 0) is 11.3 Å². The Morgan fingerprint density at radius 3 is 2.59 bits per heavy atom. The highest BCUT2D eigenvalue weighted by Gasteiger charge is 2.12. The number of methoxy groups -OCH3 is 1. The minimum Gasteiger partial charge on any atom is -0.383 e. The van der Waals surface area contributed by atoms with Crippen molar-refractivity contribution in [2.75, 3.05) is 25.2 Å². The van der Waals surface area contributed by atoms with Gasteiger partial charge >= 0.3 is 0 Å². The fraction of sp³-hybridized carbons (Fsp3) is 0.615. The Balaban J connectivity index is 2.90. The van der Waals surface area contributed by atoms with E-state index in [1.54, 1.807) is 7.11 Å². The predicted octanol–water partition coefficient (Wildman–Crippen LogP) is 1.71. The third kappa shape index (κ3) is 3.68. The van der Waals surface area contributed by atoms with Crippen LogP contribution < -0.4 is 10.6 Å². The summed E-state index contributed by atoms with van der Waals surface area (Å²) in [6, 6.07) is 4.49. The van der Waals surface area contributed by atoms with Crippen molar-refractivity contribution in [1.29, 1.82) is 0 Å². The molecule has 0 aromatic carbocycles. The maximum Gasteiger partial charge on any atom is 0.129 e. The van der Waals surface area contributed by atoms with E-state index in [-0.39, 0.29) is 0 Å². The Morgan fingerprint density at radius 1 is 1.41 bits per heavy atom. The van der Waals surface area contributed by atoms with Gasteiger partial charge in [0.2, 0.25) is 0 Å². The van der Waals surface area contributed by atoms with Crippen molar-refractivity contribution in [2.45, 2.75) is 33.4 Å². The van der Waals surface area contributed by atoms with E-state index in [4.69, 9.17) is 10.5 Å². The largest absolute Gasteiger partial charge is 0.383 e. The van der Waals surface area contributed by atoms with Crippen LogP contribution in [-0.4, -0.2) is 31.3 Å². The topological polar surface area (TPSA) is 51.4 Å². The fourth-order valence-electron chi connectivity index (χ4n) is 1.78. The summed E-state index contributed by atoms with van der Waals surface area (Å²) >= 11 is 0. The summed E-state index contributed by atoms with van der Waals surface area (Å²) in [7, 11) is 1.72. The first-order valence-corrected chi connectivity index (χ1v) is 6.02. The van der Waals surface area contributed by atoms with Crippen molar-refractivity contribution in [1.82, 2.24) is 4.98 Å². The van der Waals surface area contributed by atoms with Crippen LogP contribution >= 0.6 is 0 Å². The Bertz CT molecular complexity index is 353. The Kier molecular flexibility index (Phi) is 5.38. The summed E-state index contributed by atoms with van der Waals surface area (Å²) in [4.78, 5) is 6.84. The number of aryl methyl sites for hydroxylation is 1. The smallest absolute Gasteiger partial charge is 0.129 e. The zero-order chi connectivity index (χ0) is 12.8. The van der Waals surface area contributed by atoms with Crippen LogP contribution in [0.1, 0.15) is 25.1 Å². The van der Waals surface area contributed by atoms with Crippen LogP contribution in [0.15, 0.2) is 12.1 Å². The molecule has 1 aromatic heterocycles. The van der Waals surface area contributed by atoms with Crippen LogP contribution in [0.25, 0.3) is 0 Å². The lowest BCUT2D eigenvalue weighted by molar-refractivity contribution is 0.203. The molecule has 0 saturated carbocycles. The summed E-state index contributed by atoms with van der Waals surface area (Å²) in [5, 5.41) is 0. The Hall–Kier alpha value is -1.13. The second-order valence-electron chi connectivity index (χ2n) is 4.40. The summed E-state index contributed by atoms with van der Waals surface area (Å²) in [5.41, 5.74) is 7.75. The number of anilines is 1. The standard InChI is InChI=1S/C13H23N3O/c1-10(2)16(7-8-17-4)13-6-5-12(9-14)11(3)15-13/h5-6,10H,7-9,14H2,1-4H3. The average molecular weight is 237 g/mol. The normalized spacial score (nSPS) is 10.9. The van der Waals surface area contributed by atoms with E-state index in [1.165, 1.54) is 0 Å². The van der Waals surface area contributed by atoms with E-state index in [0.29, 0.717) is 19.2 Å². The van der Waals surface area contributed by atoms with Gasteiger partial charge in [0.1, 0.15) is 5.82 Å². The van der Waals surface area contributed by atoms with E-state index in [0.717, 1.165) is 23.6 Å². The molecule has 0 radical (unpaired) electrons. The molecular formula is C13H23N3O. The first kappa shape index (κ1) is 13.9. The van der Waals surface area contributed by atoms with Crippen molar-refractivity contribution < 1.29 is 4.74 Å². The predicted molar refractivity (Wildman–Crippen MR) is 71.2 cm³/mol. The fourth-order valence-corrected chi connectivity index (χ4v) is 1.78. The van der Waals surface area contributed by atoms with Crippen LogP contribution in [0.5, 0.6) is 0 Å². The first-order valence-electron chi connectivity index (χ1n) is 6.02. The van der Waals surface area contributed by atoms with Gasteiger partial charge in [-0.15, -0.1) is 0 Å². The van der Waals surface area contributed by atoms with Crippen molar-refractivity contribution in [3.05, 3.63) is 23.4 Å². The summed E-state index contributed by atoms with van der Waals surface area (Å²) in [6.45, 7) is 8.41. The minimum absolute atomic E-state index is 0.403. The SMILES string of the molecule is COCCN(c1ccc(CN)c(C)n1)C(C)C. The molecule has 0 unspecified atom stereocenters. The highest BCUT2D eigenvalue weighted by Crippen LogP contribution is 2.16. The molecule has 0 atom stereocenters. The molecule has 1 rings (SSSR count). The van der Waals surface area contributed by atoms with Crippen molar-refractivity contribution in [3.8, 4) is 0 Å². The van der Waals surface area contributed by atoms with Gasteiger partial charge in [-0.3, -0.25) is 0 Å². The van der Waals surface area contributed by atoms with Crippen molar-refractivity contribution >= 4 is 5.82 Å². The van der Waals surface area contributed by atoms with E-state index in [2.05, 4.69) is 29.8 Å². The number of aromatic nitrogens is 1. The van der Waals surface area contributed by atoms with Gasteiger partial charge in [-0.1, -0.05) is 6.07 Å². The molecule has 0 amide bonds. The van der Waals surface area contributed by atoms with Gasteiger partial charge in [-0.05, 0) is 32.4 Å². The molecule has 2 N–H and O–H groups in total. The molecule has 4 heteroatoms. The molecule has 17 heavy (non-hydrogen) atoms. The van der Waals surface area contributed by atoms with Crippen molar-refractivity contribution in [2.24, 2.45) is 5.73 Å². The highest BCUT2D eigenvalue weighted by molar-refractivity contribution is 5.42. The van der Waals surface area contributed by atoms with Gasteiger partial charge in [0, 0.05) is 31.9 Å². The second kappa shape index (κ2) is 6.57. The molecule has 1 aromatic rings. The average Bonchev–Trinajstić information content (AvgIpc) is 2.29. The third-order valence-corrected chi connectivity index (χ3v) is 2.85. The molecule has 0 bridgehead atoms. The number of nitrogens with zero attached hydrogens (tertiary/aromatic N) is 2. The van der Waals surface area contributed by atoms with Gasteiger partial charge in [0.15, 0.2) is 0 Å². The molecule has 0 aliphatic heterocycles. The maximum absolute atomic E-state index is 5.64. The van der Waals surface area contributed by atoms with Crippen LogP contribution in [0.3, 0.4) is 0 Å². The van der Waals surface area contributed by atoms with Gasteiger partial charge in [-0.2, -0.15) is 0 Å². The third-order valence-electron chi connectivity index (χ3n) is 2.85.